The van der Waals surface area contributed by atoms with E-state index in [1.165, 1.54) is 44.9 Å². The van der Waals surface area contributed by atoms with Crippen LogP contribution < -0.4 is 10.6 Å². The minimum atomic E-state index is 0. The fourth-order valence-electron chi connectivity index (χ4n) is 4.32. The molecule has 3 rings (SSSR count). The minimum Gasteiger partial charge on any atom is -0.379 e. The average Bonchev–Trinajstić information content (AvgIpc) is 3.09. The summed E-state index contributed by atoms with van der Waals surface area (Å²) in [7, 11) is 1.99. The molecule has 1 atom stereocenters. The van der Waals surface area contributed by atoms with Crippen LogP contribution in [0.5, 0.6) is 0 Å². The lowest BCUT2D eigenvalue weighted by atomic mass is 9.85. The SMILES string of the molecule is Cc1nnc(CN=C(NCCN2CCOCC2)NC(C)CCC2CCCCC2)n1C.I. The number of rotatable bonds is 9. The van der Waals surface area contributed by atoms with Crippen LogP contribution in [0.4, 0.5) is 0 Å². The van der Waals surface area contributed by atoms with Crippen molar-refractivity contribution in [1.29, 1.82) is 0 Å². The van der Waals surface area contributed by atoms with Crippen molar-refractivity contribution in [3.63, 3.8) is 0 Å². The third kappa shape index (κ3) is 9.21. The highest BCUT2D eigenvalue weighted by molar-refractivity contribution is 14.0. The van der Waals surface area contributed by atoms with Gasteiger partial charge in [0.2, 0.25) is 0 Å². The maximum atomic E-state index is 5.44. The van der Waals surface area contributed by atoms with Gasteiger partial charge in [-0.15, -0.1) is 34.2 Å². The number of nitrogens with zero attached hydrogens (tertiary/aromatic N) is 5. The van der Waals surface area contributed by atoms with E-state index in [4.69, 9.17) is 9.73 Å². The van der Waals surface area contributed by atoms with Crippen LogP contribution in [-0.4, -0.2) is 71.1 Å². The Bertz CT molecular complexity index is 654. The van der Waals surface area contributed by atoms with E-state index in [1.54, 1.807) is 0 Å². The first kappa shape index (κ1) is 26.3. The number of aryl methyl sites for hydroxylation is 1. The number of halogens is 1. The fourth-order valence-corrected chi connectivity index (χ4v) is 4.32. The maximum Gasteiger partial charge on any atom is 0.191 e. The predicted octanol–water partition coefficient (Wildman–Crippen LogP) is 2.86. The number of aliphatic imine (C=N–C) groups is 1. The summed E-state index contributed by atoms with van der Waals surface area (Å²) in [5.74, 6) is 3.59. The molecular weight excluding hydrogens is 505 g/mol. The molecule has 2 fully saturated rings. The maximum absolute atomic E-state index is 5.44. The summed E-state index contributed by atoms with van der Waals surface area (Å²) in [5.41, 5.74) is 0. The summed E-state index contributed by atoms with van der Waals surface area (Å²) >= 11 is 0. The zero-order valence-corrected chi connectivity index (χ0v) is 21.9. The summed E-state index contributed by atoms with van der Waals surface area (Å²) in [5, 5.41) is 15.6. The molecule has 8 nitrogen and oxygen atoms in total. The van der Waals surface area contributed by atoms with Gasteiger partial charge in [0, 0.05) is 39.3 Å². The highest BCUT2D eigenvalue weighted by atomic mass is 127. The van der Waals surface area contributed by atoms with E-state index in [2.05, 4.69) is 32.7 Å². The topological polar surface area (TPSA) is 79.6 Å². The molecule has 1 aliphatic heterocycles. The molecule has 0 amide bonds. The molecule has 1 saturated heterocycles. The summed E-state index contributed by atoms with van der Waals surface area (Å²) in [4.78, 5) is 7.25. The van der Waals surface area contributed by atoms with Gasteiger partial charge in [0.25, 0.3) is 0 Å². The smallest absolute Gasteiger partial charge is 0.191 e. The zero-order valence-electron chi connectivity index (χ0n) is 19.6. The highest BCUT2D eigenvalue weighted by Crippen LogP contribution is 2.27. The van der Waals surface area contributed by atoms with Crippen molar-refractivity contribution in [3.8, 4) is 0 Å². The second-order valence-electron chi connectivity index (χ2n) is 8.89. The number of morpholine rings is 1. The third-order valence-corrected chi connectivity index (χ3v) is 6.50. The van der Waals surface area contributed by atoms with Crippen LogP contribution in [0.1, 0.15) is 63.5 Å². The van der Waals surface area contributed by atoms with Crippen LogP contribution in [0.3, 0.4) is 0 Å². The Hall–Kier alpha value is -0.940. The average molecular weight is 548 g/mol. The molecule has 0 spiro atoms. The molecule has 178 valence electrons. The third-order valence-electron chi connectivity index (χ3n) is 6.50. The van der Waals surface area contributed by atoms with E-state index in [1.807, 2.05) is 18.5 Å². The molecule has 2 heterocycles. The Morgan fingerprint density at radius 1 is 1.19 bits per heavy atom. The lowest BCUT2D eigenvalue weighted by Crippen LogP contribution is -2.46. The molecule has 31 heavy (non-hydrogen) atoms. The van der Waals surface area contributed by atoms with Gasteiger partial charge >= 0.3 is 0 Å². The van der Waals surface area contributed by atoms with E-state index in [0.717, 1.165) is 62.9 Å². The van der Waals surface area contributed by atoms with Crippen LogP contribution in [0.25, 0.3) is 0 Å². The van der Waals surface area contributed by atoms with E-state index in [9.17, 15) is 0 Å². The summed E-state index contributed by atoms with van der Waals surface area (Å²) < 4.78 is 7.45. The Kier molecular flexibility index (Phi) is 12.1. The first-order valence-electron chi connectivity index (χ1n) is 11.8. The summed E-state index contributed by atoms with van der Waals surface area (Å²) in [6.45, 7) is 10.3. The van der Waals surface area contributed by atoms with Crippen molar-refractivity contribution in [2.75, 3.05) is 39.4 Å². The lowest BCUT2D eigenvalue weighted by Gasteiger charge is -2.27. The summed E-state index contributed by atoms with van der Waals surface area (Å²) in [6, 6.07) is 0.405. The monoisotopic (exact) mass is 547 g/mol. The second kappa shape index (κ2) is 14.3. The molecule has 0 aromatic carbocycles. The number of nitrogens with one attached hydrogen (secondary N) is 2. The van der Waals surface area contributed by atoms with Gasteiger partial charge in [-0.25, -0.2) is 4.99 Å². The molecule has 1 aromatic rings. The predicted molar refractivity (Wildman–Crippen MR) is 136 cm³/mol. The van der Waals surface area contributed by atoms with Gasteiger partial charge in [-0.1, -0.05) is 32.1 Å². The Morgan fingerprint density at radius 2 is 1.94 bits per heavy atom. The van der Waals surface area contributed by atoms with Gasteiger partial charge in [-0.3, -0.25) is 4.90 Å². The normalized spacial score (nSPS) is 19.6. The summed E-state index contributed by atoms with van der Waals surface area (Å²) in [6.07, 6.45) is 9.60. The van der Waals surface area contributed by atoms with Crippen molar-refractivity contribution in [1.82, 2.24) is 30.3 Å². The first-order chi connectivity index (χ1) is 14.6. The molecule has 1 saturated carbocycles. The van der Waals surface area contributed by atoms with Crippen molar-refractivity contribution in [2.45, 2.75) is 71.4 Å². The van der Waals surface area contributed by atoms with Crippen LogP contribution in [0, 0.1) is 12.8 Å². The van der Waals surface area contributed by atoms with Gasteiger partial charge < -0.3 is 19.9 Å². The van der Waals surface area contributed by atoms with Gasteiger partial charge in [0.15, 0.2) is 11.8 Å². The Morgan fingerprint density at radius 3 is 2.61 bits per heavy atom. The molecule has 2 N–H and O–H groups in total. The molecular formula is C22H42IN7O. The molecule has 9 heteroatoms. The van der Waals surface area contributed by atoms with Crippen molar-refractivity contribution in [3.05, 3.63) is 11.6 Å². The van der Waals surface area contributed by atoms with Crippen LogP contribution in [-0.2, 0) is 18.3 Å². The first-order valence-corrected chi connectivity index (χ1v) is 11.8. The molecule has 1 aliphatic carbocycles. The van der Waals surface area contributed by atoms with E-state index in [-0.39, 0.29) is 24.0 Å². The van der Waals surface area contributed by atoms with Crippen LogP contribution in [0.15, 0.2) is 4.99 Å². The van der Waals surface area contributed by atoms with Gasteiger partial charge in [-0.2, -0.15) is 0 Å². The molecule has 1 unspecified atom stereocenters. The van der Waals surface area contributed by atoms with Gasteiger partial charge in [0.05, 0.1) is 13.2 Å². The standard InChI is InChI=1S/C22H41N7O.HI/c1-18(9-10-20-7-5-4-6-8-20)25-22(23-11-12-29-13-15-30-16-14-29)24-17-21-27-26-19(2)28(21)3;/h18,20H,4-17H2,1-3H3,(H2,23,24,25);1H. The minimum absolute atomic E-state index is 0. The molecule has 0 radical (unpaired) electrons. The number of hydrogen-bond donors (Lipinski definition) is 2. The van der Waals surface area contributed by atoms with Crippen molar-refractivity contribution >= 4 is 29.9 Å². The number of aromatic nitrogens is 3. The molecule has 2 aliphatic rings. The second-order valence-corrected chi connectivity index (χ2v) is 8.89. The number of hydrogen-bond acceptors (Lipinski definition) is 5. The van der Waals surface area contributed by atoms with Crippen molar-refractivity contribution < 1.29 is 4.74 Å². The fraction of sp³-hybridized carbons (Fsp3) is 0.864. The molecule has 1 aromatic heterocycles. The number of ether oxygens (including phenoxy) is 1. The lowest BCUT2D eigenvalue weighted by molar-refractivity contribution is 0.0389. The van der Waals surface area contributed by atoms with Gasteiger partial charge in [0.1, 0.15) is 12.4 Å². The highest BCUT2D eigenvalue weighted by Gasteiger charge is 2.16. The van der Waals surface area contributed by atoms with E-state index >= 15 is 0 Å². The van der Waals surface area contributed by atoms with Gasteiger partial charge in [-0.05, 0) is 32.6 Å². The van der Waals surface area contributed by atoms with E-state index < -0.39 is 0 Å². The Labute approximate surface area is 205 Å². The van der Waals surface area contributed by atoms with Crippen molar-refractivity contribution in [2.24, 2.45) is 18.0 Å². The molecule has 0 bridgehead atoms. The van der Waals surface area contributed by atoms with E-state index in [0.29, 0.717) is 12.6 Å². The van der Waals surface area contributed by atoms with Crippen LogP contribution in [0.2, 0.25) is 0 Å². The Balaban J connectivity index is 0.00000341. The van der Waals surface area contributed by atoms with Crippen LogP contribution >= 0.6 is 24.0 Å². The number of guanidine groups is 1. The zero-order chi connectivity index (χ0) is 21.2. The quantitative estimate of drug-likeness (QED) is 0.281. The largest absolute Gasteiger partial charge is 0.379 e.